The molecule has 42 heavy (non-hydrogen) atoms. The van der Waals surface area contributed by atoms with E-state index in [1.165, 1.54) is 12.1 Å². The fourth-order valence-electron chi connectivity index (χ4n) is 5.55. The number of carbonyl (C=O) groups is 1. The number of halogens is 2. The zero-order valence-electron chi connectivity index (χ0n) is 24.3. The number of amides is 1. The Bertz CT molecular complexity index is 1420. The van der Waals surface area contributed by atoms with Gasteiger partial charge in [0.25, 0.3) is 5.89 Å². The topological polar surface area (TPSA) is 107 Å². The summed E-state index contributed by atoms with van der Waals surface area (Å²) in [6.07, 6.45) is 1.40. The lowest BCUT2D eigenvalue weighted by Crippen LogP contribution is -2.41. The quantitative estimate of drug-likeness (QED) is 0.340. The molecule has 3 aromatic rings. The number of carbonyl (C=O) groups excluding carboxylic acids is 1. The van der Waals surface area contributed by atoms with Crippen molar-refractivity contribution in [3.8, 4) is 23.5 Å². The molecule has 0 bridgehead atoms. The standard InChI is InChI=1S/C30H36F2N6O4/c1-6-26(39)38-13-11-20(12-14-38)41-25-16-24(40-18(2)23-15-19(31)17-37(23)5)33-27(34-25)28-35-29(36-42-28)30(3,4)21-9-7-8-10-22(21)32/h6-10,16,18-20,23H,1,11-15,17H2,2-5H3/t18-,19-,23-/m0/s1. The number of benzene rings is 1. The first-order chi connectivity index (χ1) is 20.0. The minimum Gasteiger partial charge on any atom is -0.474 e. The Morgan fingerprint density at radius 3 is 2.57 bits per heavy atom. The van der Waals surface area contributed by atoms with Gasteiger partial charge in [-0.25, -0.2) is 8.78 Å². The van der Waals surface area contributed by atoms with Crippen LogP contribution in [0.2, 0.25) is 0 Å². The number of nitrogens with zero attached hydrogens (tertiary/aromatic N) is 6. The first-order valence-electron chi connectivity index (χ1n) is 14.1. The van der Waals surface area contributed by atoms with E-state index in [9.17, 15) is 13.6 Å². The smallest absolute Gasteiger partial charge is 0.296 e. The van der Waals surface area contributed by atoms with Crippen molar-refractivity contribution >= 4 is 5.91 Å². The third kappa shape index (κ3) is 6.28. The lowest BCUT2D eigenvalue weighted by molar-refractivity contribution is -0.127. The molecule has 224 valence electrons. The van der Waals surface area contributed by atoms with E-state index >= 15 is 0 Å². The summed E-state index contributed by atoms with van der Waals surface area (Å²) in [5, 5.41) is 4.12. The summed E-state index contributed by atoms with van der Waals surface area (Å²) >= 11 is 0. The monoisotopic (exact) mass is 582 g/mol. The van der Waals surface area contributed by atoms with Gasteiger partial charge < -0.3 is 18.9 Å². The molecule has 10 nitrogen and oxygen atoms in total. The molecule has 0 radical (unpaired) electrons. The van der Waals surface area contributed by atoms with Crippen LogP contribution in [-0.4, -0.2) is 86.9 Å². The normalized spacial score (nSPS) is 20.9. The predicted molar refractivity (Wildman–Crippen MR) is 150 cm³/mol. The number of alkyl halides is 1. The second-order valence-corrected chi connectivity index (χ2v) is 11.4. The predicted octanol–water partition coefficient (Wildman–Crippen LogP) is 4.36. The number of ether oxygens (including phenoxy) is 2. The maximum absolute atomic E-state index is 14.6. The van der Waals surface area contributed by atoms with Gasteiger partial charge in [-0.2, -0.15) is 15.0 Å². The lowest BCUT2D eigenvalue weighted by Gasteiger charge is -2.31. The Labute approximate surface area is 243 Å². The van der Waals surface area contributed by atoms with Gasteiger partial charge in [0.2, 0.25) is 23.5 Å². The van der Waals surface area contributed by atoms with Crippen LogP contribution < -0.4 is 9.47 Å². The van der Waals surface area contributed by atoms with Crippen molar-refractivity contribution in [2.75, 3.05) is 26.7 Å². The van der Waals surface area contributed by atoms with Crippen LogP contribution in [0.5, 0.6) is 11.8 Å². The first-order valence-corrected chi connectivity index (χ1v) is 14.1. The molecule has 0 unspecified atom stereocenters. The van der Waals surface area contributed by atoms with Crippen LogP contribution in [0.25, 0.3) is 11.7 Å². The van der Waals surface area contributed by atoms with E-state index in [1.807, 2.05) is 18.9 Å². The largest absolute Gasteiger partial charge is 0.474 e. The molecular weight excluding hydrogens is 546 g/mol. The molecule has 0 N–H and O–H groups in total. The van der Waals surface area contributed by atoms with Gasteiger partial charge in [0.1, 0.15) is 24.2 Å². The second-order valence-electron chi connectivity index (χ2n) is 11.4. The van der Waals surface area contributed by atoms with Gasteiger partial charge in [-0.05, 0) is 46.4 Å². The summed E-state index contributed by atoms with van der Waals surface area (Å²) in [5.41, 5.74) is -0.483. The zero-order valence-corrected chi connectivity index (χ0v) is 24.3. The van der Waals surface area contributed by atoms with E-state index in [0.29, 0.717) is 44.5 Å². The second kappa shape index (κ2) is 12.1. The molecule has 1 amide bonds. The van der Waals surface area contributed by atoms with Crippen LogP contribution in [0.4, 0.5) is 8.78 Å². The molecule has 12 heteroatoms. The van der Waals surface area contributed by atoms with Crippen LogP contribution in [0.15, 0.2) is 47.5 Å². The SMILES string of the molecule is C=CC(=O)N1CCC(Oc2cc(O[C@@H](C)[C@@H]3C[C@H](F)CN3C)nc(-c3nc(C(C)(C)c4ccccc4F)no3)n2)CC1. The van der Waals surface area contributed by atoms with Crippen molar-refractivity contribution < 1.29 is 27.6 Å². The maximum Gasteiger partial charge on any atom is 0.296 e. The Kier molecular flexibility index (Phi) is 8.53. The number of likely N-dealkylation sites (N-methyl/N-ethyl adjacent to an activating group) is 1. The van der Waals surface area contributed by atoms with Crippen molar-refractivity contribution in [3.63, 3.8) is 0 Å². The molecule has 2 fully saturated rings. The van der Waals surface area contributed by atoms with Crippen LogP contribution in [0, 0.1) is 5.82 Å². The van der Waals surface area contributed by atoms with Crippen molar-refractivity contribution in [1.82, 2.24) is 29.9 Å². The zero-order chi connectivity index (χ0) is 30.0. The summed E-state index contributed by atoms with van der Waals surface area (Å²) in [4.78, 5) is 29.2. The van der Waals surface area contributed by atoms with E-state index in [2.05, 4.69) is 26.7 Å². The average molecular weight is 583 g/mol. The van der Waals surface area contributed by atoms with E-state index in [4.69, 9.17) is 14.0 Å². The number of likely N-dealkylation sites (tertiary alicyclic amines) is 2. The first kappa shape index (κ1) is 29.6. The Balaban J connectivity index is 1.42. The fourth-order valence-corrected chi connectivity index (χ4v) is 5.55. The molecule has 0 aliphatic carbocycles. The molecule has 3 atom stereocenters. The van der Waals surface area contributed by atoms with Gasteiger partial charge in [0.15, 0.2) is 5.82 Å². The summed E-state index contributed by atoms with van der Waals surface area (Å²) in [5.74, 6) is 0.330. The Hall–Kier alpha value is -3.93. The lowest BCUT2D eigenvalue weighted by atomic mass is 9.83. The van der Waals surface area contributed by atoms with Gasteiger partial charge in [-0.15, -0.1) is 0 Å². The molecular formula is C30H36F2N6O4. The molecule has 2 aromatic heterocycles. The molecule has 1 aromatic carbocycles. The van der Waals surface area contributed by atoms with E-state index in [1.54, 1.807) is 43.0 Å². The number of aromatic nitrogens is 4. The third-order valence-electron chi connectivity index (χ3n) is 8.02. The van der Waals surface area contributed by atoms with Crippen molar-refractivity contribution in [2.45, 2.75) is 69.9 Å². The van der Waals surface area contributed by atoms with E-state index < -0.39 is 11.6 Å². The molecule has 0 saturated carbocycles. The molecule has 0 spiro atoms. The number of rotatable bonds is 9. The van der Waals surface area contributed by atoms with E-state index in [0.717, 1.165) is 0 Å². The van der Waals surface area contributed by atoms with Gasteiger partial charge >= 0.3 is 0 Å². The van der Waals surface area contributed by atoms with Gasteiger partial charge in [-0.3, -0.25) is 9.69 Å². The van der Waals surface area contributed by atoms with Crippen molar-refractivity contribution in [3.05, 3.63) is 60.2 Å². The highest BCUT2D eigenvalue weighted by molar-refractivity contribution is 5.87. The van der Waals surface area contributed by atoms with Crippen LogP contribution in [-0.2, 0) is 10.2 Å². The number of piperidine rings is 1. The molecule has 2 aliphatic rings. The minimum atomic E-state index is -0.917. The average Bonchev–Trinajstić information content (AvgIpc) is 3.60. The van der Waals surface area contributed by atoms with Gasteiger partial charge in [0.05, 0.1) is 11.5 Å². The minimum absolute atomic E-state index is 0.0190. The number of hydrogen-bond donors (Lipinski definition) is 0. The summed E-state index contributed by atoms with van der Waals surface area (Å²) in [6.45, 7) is 10.4. The Morgan fingerprint density at radius 2 is 1.90 bits per heavy atom. The van der Waals surface area contributed by atoms with Gasteiger partial charge in [-0.1, -0.05) is 29.9 Å². The molecule has 4 heterocycles. The summed E-state index contributed by atoms with van der Waals surface area (Å²) in [7, 11) is 1.87. The number of hydrogen-bond acceptors (Lipinski definition) is 9. The molecule has 5 rings (SSSR count). The summed E-state index contributed by atoms with van der Waals surface area (Å²) < 4.78 is 46.6. The highest BCUT2D eigenvalue weighted by Gasteiger charge is 2.35. The molecule has 2 aliphatic heterocycles. The third-order valence-corrected chi connectivity index (χ3v) is 8.02. The van der Waals surface area contributed by atoms with Crippen molar-refractivity contribution in [2.24, 2.45) is 0 Å². The molecule has 2 saturated heterocycles. The van der Waals surface area contributed by atoms with Gasteiger partial charge in [0, 0.05) is 44.1 Å². The highest BCUT2D eigenvalue weighted by Crippen LogP contribution is 2.33. The van der Waals surface area contributed by atoms with Crippen molar-refractivity contribution in [1.29, 1.82) is 0 Å². The van der Waals surface area contributed by atoms with Crippen LogP contribution in [0.3, 0.4) is 0 Å². The van der Waals surface area contributed by atoms with Crippen LogP contribution in [0.1, 0.15) is 51.4 Å². The van der Waals surface area contributed by atoms with E-state index in [-0.39, 0.29) is 59.3 Å². The Morgan fingerprint density at radius 1 is 1.19 bits per heavy atom. The van der Waals surface area contributed by atoms with Crippen LogP contribution >= 0.6 is 0 Å². The summed E-state index contributed by atoms with van der Waals surface area (Å²) in [6, 6.07) is 7.89. The maximum atomic E-state index is 14.6. The highest BCUT2D eigenvalue weighted by atomic mass is 19.1. The fraction of sp³-hybridized carbons (Fsp3) is 0.500.